The molecule has 2 aromatic heterocycles. The van der Waals surface area contributed by atoms with Gasteiger partial charge in [-0.15, -0.1) is 22.7 Å². The fourth-order valence-corrected chi connectivity index (χ4v) is 3.11. The molecule has 2 rings (SSSR count). The van der Waals surface area contributed by atoms with E-state index in [1.807, 2.05) is 23.0 Å². The van der Waals surface area contributed by atoms with Crippen molar-refractivity contribution in [2.24, 2.45) is 0 Å². The molecule has 0 saturated carbocycles. The molecule has 0 aliphatic carbocycles. The summed E-state index contributed by atoms with van der Waals surface area (Å²) < 4.78 is 0. The van der Waals surface area contributed by atoms with E-state index in [4.69, 9.17) is 11.6 Å². The molecule has 2 aromatic rings. The molecule has 0 radical (unpaired) electrons. The number of nitrogens with zero attached hydrogens (tertiary/aromatic N) is 1. The number of rotatable bonds is 4. The van der Waals surface area contributed by atoms with Crippen LogP contribution in [0.4, 0.5) is 0 Å². The highest BCUT2D eigenvalue weighted by atomic mass is 35.5. The Morgan fingerprint density at radius 3 is 2.81 bits per heavy atom. The molecule has 0 atom stereocenters. The predicted octanol–water partition coefficient (Wildman–Crippen LogP) is 3.88. The number of aromatic nitrogens is 1. The highest BCUT2D eigenvalue weighted by molar-refractivity contribution is 7.10. The van der Waals surface area contributed by atoms with Crippen LogP contribution >= 0.6 is 34.3 Å². The predicted molar refractivity (Wildman–Crippen MR) is 71.3 cm³/mol. The SMILES string of the molecule is CC(C)(NCc1cc(Cl)cs1)c1nccs1. The topological polar surface area (TPSA) is 24.9 Å². The van der Waals surface area contributed by atoms with E-state index >= 15 is 0 Å². The van der Waals surface area contributed by atoms with Crippen LogP contribution in [0.5, 0.6) is 0 Å². The largest absolute Gasteiger partial charge is 0.301 e. The molecule has 86 valence electrons. The minimum absolute atomic E-state index is 0.0926. The molecule has 0 fully saturated rings. The molecule has 2 nitrogen and oxygen atoms in total. The zero-order valence-electron chi connectivity index (χ0n) is 9.16. The van der Waals surface area contributed by atoms with E-state index in [9.17, 15) is 0 Å². The van der Waals surface area contributed by atoms with Crippen LogP contribution in [0.15, 0.2) is 23.0 Å². The van der Waals surface area contributed by atoms with Gasteiger partial charge in [-0.2, -0.15) is 0 Å². The summed E-state index contributed by atoms with van der Waals surface area (Å²) in [4.78, 5) is 5.58. The fourth-order valence-electron chi connectivity index (χ4n) is 1.36. The van der Waals surface area contributed by atoms with Crippen LogP contribution in [0.1, 0.15) is 23.7 Å². The van der Waals surface area contributed by atoms with E-state index in [0.29, 0.717) is 0 Å². The van der Waals surface area contributed by atoms with Crippen molar-refractivity contribution in [2.75, 3.05) is 0 Å². The molecule has 1 N–H and O–H groups in total. The molecule has 0 amide bonds. The first-order chi connectivity index (χ1) is 7.58. The highest BCUT2D eigenvalue weighted by Crippen LogP contribution is 2.24. The molecular weight excluding hydrogens is 260 g/mol. The van der Waals surface area contributed by atoms with Crippen molar-refractivity contribution in [3.8, 4) is 0 Å². The third-order valence-electron chi connectivity index (χ3n) is 2.29. The summed E-state index contributed by atoms with van der Waals surface area (Å²) in [7, 11) is 0. The Labute approximate surface area is 108 Å². The maximum atomic E-state index is 5.88. The monoisotopic (exact) mass is 272 g/mol. The summed E-state index contributed by atoms with van der Waals surface area (Å²) in [5.74, 6) is 0. The normalized spacial score (nSPS) is 11.9. The van der Waals surface area contributed by atoms with E-state index in [0.717, 1.165) is 16.6 Å². The summed E-state index contributed by atoms with van der Waals surface area (Å²) in [6.45, 7) is 5.10. The molecule has 0 aliphatic heterocycles. The number of nitrogens with one attached hydrogen (secondary N) is 1. The lowest BCUT2D eigenvalue weighted by molar-refractivity contribution is 0.401. The summed E-state index contributed by atoms with van der Waals surface area (Å²) in [5.41, 5.74) is -0.0926. The average Bonchev–Trinajstić information content (AvgIpc) is 2.85. The molecule has 0 spiro atoms. The van der Waals surface area contributed by atoms with Gasteiger partial charge in [0.2, 0.25) is 0 Å². The summed E-state index contributed by atoms with van der Waals surface area (Å²) in [6.07, 6.45) is 1.84. The molecule has 0 aliphatic rings. The Kier molecular flexibility index (Phi) is 3.64. The van der Waals surface area contributed by atoms with Gasteiger partial charge in [-0.25, -0.2) is 4.98 Å². The molecule has 16 heavy (non-hydrogen) atoms. The molecule has 0 saturated heterocycles. The van der Waals surface area contributed by atoms with Crippen molar-refractivity contribution in [3.05, 3.63) is 37.9 Å². The second-order valence-electron chi connectivity index (χ2n) is 4.05. The molecule has 5 heteroatoms. The first-order valence-corrected chi connectivity index (χ1v) is 7.09. The average molecular weight is 273 g/mol. The third kappa shape index (κ3) is 2.83. The summed E-state index contributed by atoms with van der Waals surface area (Å²) in [6, 6.07) is 2.00. The van der Waals surface area contributed by atoms with E-state index in [-0.39, 0.29) is 5.54 Å². The van der Waals surface area contributed by atoms with Crippen molar-refractivity contribution < 1.29 is 0 Å². The Hall–Kier alpha value is -0.420. The van der Waals surface area contributed by atoms with Gasteiger partial charge in [-0.05, 0) is 19.9 Å². The third-order valence-corrected chi connectivity index (χ3v) is 4.67. The van der Waals surface area contributed by atoms with E-state index in [1.54, 1.807) is 22.7 Å². The van der Waals surface area contributed by atoms with Gasteiger partial charge >= 0.3 is 0 Å². The van der Waals surface area contributed by atoms with Crippen LogP contribution in [0.25, 0.3) is 0 Å². The molecule has 0 bridgehead atoms. The number of hydrogen-bond donors (Lipinski definition) is 1. The van der Waals surface area contributed by atoms with E-state index in [1.165, 1.54) is 4.88 Å². The molecular formula is C11H13ClN2S2. The zero-order chi connectivity index (χ0) is 11.6. The quantitative estimate of drug-likeness (QED) is 0.914. The van der Waals surface area contributed by atoms with Crippen molar-refractivity contribution in [1.29, 1.82) is 0 Å². The van der Waals surface area contributed by atoms with Crippen LogP contribution in [0.2, 0.25) is 5.02 Å². The maximum absolute atomic E-state index is 5.88. The lowest BCUT2D eigenvalue weighted by Crippen LogP contribution is -2.35. The van der Waals surface area contributed by atoms with Gasteiger partial charge in [-0.3, -0.25) is 0 Å². The van der Waals surface area contributed by atoms with E-state index in [2.05, 4.69) is 24.1 Å². The highest BCUT2D eigenvalue weighted by Gasteiger charge is 2.22. The number of halogens is 1. The van der Waals surface area contributed by atoms with Crippen molar-refractivity contribution in [3.63, 3.8) is 0 Å². The Balaban J connectivity index is 2.00. The number of hydrogen-bond acceptors (Lipinski definition) is 4. The molecule has 0 unspecified atom stereocenters. The van der Waals surface area contributed by atoms with Crippen LogP contribution in [-0.4, -0.2) is 4.98 Å². The standard InChI is InChI=1S/C11H13ClN2S2/c1-11(2,10-13-3-4-15-10)14-6-9-5-8(12)7-16-9/h3-5,7,14H,6H2,1-2H3. The smallest absolute Gasteiger partial charge is 0.112 e. The first-order valence-electron chi connectivity index (χ1n) is 4.96. The second-order valence-corrected chi connectivity index (χ2v) is 6.37. The summed E-state index contributed by atoms with van der Waals surface area (Å²) in [5, 5.41) is 9.37. The maximum Gasteiger partial charge on any atom is 0.112 e. The van der Waals surface area contributed by atoms with Crippen LogP contribution < -0.4 is 5.32 Å². The van der Waals surface area contributed by atoms with E-state index < -0.39 is 0 Å². The van der Waals surface area contributed by atoms with Gasteiger partial charge in [0.15, 0.2) is 0 Å². The Morgan fingerprint density at radius 1 is 1.44 bits per heavy atom. The number of thiophene rings is 1. The van der Waals surface area contributed by atoms with Gasteiger partial charge in [0.25, 0.3) is 0 Å². The van der Waals surface area contributed by atoms with Gasteiger partial charge in [0.1, 0.15) is 5.01 Å². The number of thiazole rings is 1. The van der Waals surface area contributed by atoms with Crippen LogP contribution in [0.3, 0.4) is 0 Å². The molecule has 2 heterocycles. The zero-order valence-corrected chi connectivity index (χ0v) is 11.5. The van der Waals surface area contributed by atoms with Crippen LogP contribution in [0, 0.1) is 0 Å². The lowest BCUT2D eigenvalue weighted by atomic mass is 10.1. The van der Waals surface area contributed by atoms with Gasteiger partial charge in [0, 0.05) is 28.4 Å². The molecule has 0 aromatic carbocycles. The Morgan fingerprint density at radius 2 is 2.25 bits per heavy atom. The lowest BCUT2D eigenvalue weighted by Gasteiger charge is -2.23. The minimum atomic E-state index is -0.0926. The Bertz CT molecular complexity index is 448. The van der Waals surface area contributed by atoms with Crippen LogP contribution in [-0.2, 0) is 12.1 Å². The van der Waals surface area contributed by atoms with Crippen molar-refractivity contribution >= 4 is 34.3 Å². The van der Waals surface area contributed by atoms with Gasteiger partial charge in [0.05, 0.1) is 10.6 Å². The van der Waals surface area contributed by atoms with Gasteiger partial charge < -0.3 is 5.32 Å². The first kappa shape index (κ1) is 12.0. The minimum Gasteiger partial charge on any atom is -0.301 e. The van der Waals surface area contributed by atoms with Crippen molar-refractivity contribution in [1.82, 2.24) is 10.3 Å². The second kappa shape index (κ2) is 4.84. The van der Waals surface area contributed by atoms with Gasteiger partial charge in [-0.1, -0.05) is 11.6 Å². The van der Waals surface area contributed by atoms with Crippen molar-refractivity contribution in [2.45, 2.75) is 25.9 Å². The summed E-state index contributed by atoms with van der Waals surface area (Å²) >= 11 is 9.23. The fraction of sp³-hybridized carbons (Fsp3) is 0.364.